The van der Waals surface area contributed by atoms with E-state index >= 15 is 0 Å². The van der Waals surface area contributed by atoms with Crippen LogP contribution in [0.5, 0.6) is 5.75 Å². The molecule has 0 aliphatic carbocycles. The van der Waals surface area contributed by atoms with E-state index in [-0.39, 0.29) is 24.0 Å². The van der Waals surface area contributed by atoms with Crippen molar-refractivity contribution in [1.29, 1.82) is 0 Å². The van der Waals surface area contributed by atoms with Gasteiger partial charge in [0.25, 0.3) is 11.8 Å². The van der Waals surface area contributed by atoms with Gasteiger partial charge in [-0.1, -0.05) is 35.4 Å². The highest BCUT2D eigenvalue weighted by Crippen LogP contribution is 2.29. The van der Waals surface area contributed by atoms with Gasteiger partial charge in [0.2, 0.25) is 5.82 Å². The summed E-state index contributed by atoms with van der Waals surface area (Å²) in [5.74, 6) is -1.63. The smallest absolute Gasteiger partial charge is 0.289 e. The molecule has 0 fully saturated rings. The Morgan fingerprint density at radius 1 is 1.29 bits per heavy atom. The summed E-state index contributed by atoms with van der Waals surface area (Å²) in [5, 5.41) is 2.86. The molecule has 4 rings (SSSR count). The molecule has 1 aliphatic rings. The molecule has 1 unspecified atom stereocenters. The van der Waals surface area contributed by atoms with E-state index in [1.165, 1.54) is 18.1 Å². The number of hydrogen-bond acceptors (Lipinski definition) is 6. The Morgan fingerprint density at radius 3 is 2.87 bits per heavy atom. The van der Waals surface area contributed by atoms with Gasteiger partial charge in [0.05, 0.1) is 23.1 Å². The lowest BCUT2D eigenvalue weighted by Gasteiger charge is -2.19. The maximum absolute atomic E-state index is 13.5. The van der Waals surface area contributed by atoms with E-state index in [1.807, 2.05) is 31.2 Å². The minimum atomic E-state index is -1.04. The Bertz CT molecular complexity index is 1190. The minimum Gasteiger partial charge on any atom is -0.487 e. The molecule has 31 heavy (non-hydrogen) atoms. The second-order valence-electron chi connectivity index (χ2n) is 6.97. The van der Waals surface area contributed by atoms with Crippen molar-refractivity contribution in [3.05, 3.63) is 65.0 Å². The number of hydrogen-bond donors (Lipinski definition) is 1. The molecule has 0 spiro atoms. The number of pyridine rings is 1. The van der Waals surface area contributed by atoms with E-state index < -0.39 is 23.7 Å². The molecule has 3 aromatic rings. The van der Waals surface area contributed by atoms with Gasteiger partial charge in [-0.25, -0.2) is 19.3 Å². The second-order valence-corrected chi connectivity index (χ2v) is 7.38. The summed E-state index contributed by atoms with van der Waals surface area (Å²) in [4.78, 5) is 38.9. The summed E-state index contributed by atoms with van der Waals surface area (Å²) in [7, 11) is 1.47. The van der Waals surface area contributed by atoms with Crippen molar-refractivity contribution in [2.24, 2.45) is 0 Å². The number of carbonyl (C=O) groups is 2. The first-order valence-corrected chi connectivity index (χ1v) is 9.67. The van der Waals surface area contributed by atoms with Gasteiger partial charge >= 0.3 is 0 Å². The zero-order valence-electron chi connectivity index (χ0n) is 16.6. The van der Waals surface area contributed by atoms with Gasteiger partial charge in [-0.15, -0.1) is 0 Å². The lowest BCUT2D eigenvalue weighted by molar-refractivity contribution is -0.120. The fourth-order valence-corrected chi connectivity index (χ4v) is 3.35. The topological polar surface area (TPSA) is 97.3 Å². The Kier molecular flexibility index (Phi) is 5.51. The van der Waals surface area contributed by atoms with Crippen LogP contribution in [-0.4, -0.2) is 46.5 Å². The van der Waals surface area contributed by atoms with Crippen molar-refractivity contribution in [1.82, 2.24) is 20.3 Å². The number of aromatic nitrogens is 3. The van der Waals surface area contributed by atoms with Crippen molar-refractivity contribution in [3.8, 4) is 17.0 Å². The van der Waals surface area contributed by atoms with Gasteiger partial charge in [-0.3, -0.25) is 14.5 Å². The maximum atomic E-state index is 13.5. The highest BCUT2D eigenvalue weighted by molar-refractivity contribution is 6.33. The van der Waals surface area contributed by atoms with E-state index in [2.05, 4.69) is 20.3 Å². The number of nitrogens with one attached hydrogen (secondary N) is 1. The number of rotatable bonds is 3. The molecule has 0 saturated heterocycles. The van der Waals surface area contributed by atoms with Crippen LogP contribution in [0, 0.1) is 12.7 Å². The van der Waals surface area contributed by atoms with Gasteiger partial charge in [0.1, 0.15) is 18.5 Å². The lowest BCUT2D eigenvalue weighted by Crippen LogP contribution is -2.49. The molecular formula is C21H17ClFN5O3. The molecule has 10 heteroatoms. The first-order valence-electron chi connectivity index (χ1n) is 9.30. The van der Waals surface area contributed by atoms with Gasteiger partial charge in [0, 0.05) is 18.7 Å². The molecule has 0 radical (unpaired) electrons. The third kappa shape index (κ3) is 4.17. The molecule has 0 bridgehead atoms. The van der Waals surface area contributed by atoms with E-state index in [0.29, 0.717) is 10.7 Å². The fourth-order valence-electron chi connectivity index (χ4n) is 3.15. The molecule has 2 amide bonds. The largest absolute Gasteiger partial charge is 0.487 e. The van der Waals surface area contributed by atoms with E-state index in [4.69, 9.17) is 16.3 Å². The summed E-state index contributed by atoms with van der Waals surface area (Å²) < 4.78 is 19.0. The monoisotopic (exact) mass is 441 g/mol. The Hall–Kier alpha value is -3.59. The zero-order chi connectivity index (χ0) is 22.1. The fraction of sp³-hybridized carbons (Fsp3) is 0.190. The van der Waals surface area contributed by atoms with Gasteiger partial charge < -0.3 is 10.1 Å². The minimum absolute atomic E-state index is 0.108. The number of amides is 2. The summed E-state index contributed by atoms with van der Waals surface area (Å²) in [6.07, 6.45) is 2.32. The van der Waals surface area contributed by atoms with Crippen molar-refractivity contribution >= 4 is 29.2 Å². The van der Waals surface area contributed by atoms with Crippen LogP contribution in [-0.2, 0) is 4.79 Å². The average Bonchev–Trinajstić information content (AvgIpc) is 2.86. The number of aryl methyl sites for hydroxylation is 1. The third-order valence-electron chi connectivity index (χ3n) is 4.70. The van der Waals surface area contributed by atoms with E-state index in [9.17, 15) is 14.0 Å². The van der Waals surface area contributed by atoms with Gasteiger partial charge in [-0.05, 0) is 13.0 Å². The van der Waals surface area contributed by atoms with Crippen molar-refractivity contribution in [2.75, 3.05) is 18.6 Å². The normalized spacial score (nSPS) is 15.7. The van der Waals surface area contributed by atoms with Crippen molar-refractivity contribution in [2.45, 2.75) is 13.0 Å². The van der Waals surface area contributed by atoms with Crippen LogP contribution in [0.25, 0.3) is 11.3 Å². The molecule has 1 atom stereocenters. The van der Waals surface area contributed by atoms with Gasteiger partial charge in [0.15, 0.2) is 11.6 Å². The molecule has 1 aliphatic heterocycles. The van der Waals surface area contributed by atoms with Crippen molar-refractivity contribution < 1.29 is 18.7 Å². The number of fused-ring (bicyclic) bond motifs is 1. The predicted octanol–water partition coefficient (Wildman–Crippen LogP) is 2.79. The van der Waals surface area contributed by atoms with E-state index in [0.717, 1.165) is 23.4 Å². The highest BCUT2D eigenvalue weighted by atomic mass is 35.5. The van der Waals surface area contributed by atoms with Crippen LogP contribution in [0.1, 0.15) is 16.2 Å². The van der Waals surface area contributed by atoms with E-state index in [1.54, 1.807) is 0 Å². The molecular weight excluding hydrogens is 425 g/mol. The molecule has 8 nitrogen and oxygen atoms in total. The summed E-state index contributed by atoms with van der Waals surface area (Å²) >= 11 is 6.23. The summed E-state index contributed by atoms with van der Waals surface area (Å²) in [5.41, 5.74) is 2.14. The molecule has 158 valence electrons. The Morgan fingerprint density at radius 2 is 2.10 bits per heavy atom. The predicted molar refractivity (Wildman–Crippen MR) is 112 cm³/mol. The van der Waals surface area contributed by atoms with Crippen molar-refractivity contribution in [3.63, 3.8) is 0 Å². The van der Waals surface area contributed by atoms with Crippen LogP contribution >= 0.6 is 11.6 Å². The quantitative estimate of drug-likeness (QED) is 0.671. The number of halogens is 2. The molecule has 2 aromatic heterocycles. The van der Waals surface area contributed by atoms with Gasteiger partial charge in [-0.2, -0.15) is 0 Å². The van der Waals surface area contributed by atoms with Crippen LogP contribution in [0.15, 0.2) is 42.7 Å². The third-order valence-corrected chi connectivity index (χ3v) is 4.97. The maximum Gasteiger partial charge on any atom is 0.289 e. The molecule has 3 heterocycles. The standard InChI is InChI=1S/C21H17ClFN5O3/c1-11-4-3-5-12(6-11)17-14(22)9-24-18(27-17)20(29)26-15-10-31-16-7-13(23)8-25-19(16)28(2)21(15)30/h3-9,15H,10H2,1-2H3,(H,26,29). The van der Waals surface area contributed by atoms with Crippen LogP contribution in [0.3, 0.4) is 0 Å². The van der Waals surface area contributed by atoms with Crippen LogP contribution < -0.4 is 15.0 Å². The second kappa shape index (κ2) is 8.27. The average molecular weight is 442 g/mol. The number of benzene rings is 1. The van der Waals surface area contributed by atoms with Crippen LogP contribution in [0.2, 0.25) is 5.02 Å². The van der Waals surface area contributed by atoms with Crippen LogP contribution in [0.4, 0.5) is 10.2 Å². The first kappa shape index (κ1) is 20.7. The first-order chi connectivity index (χ1) is 14.8. The molecule has 0 saturated carbocycles. The Labute approximate surface area is 182 Å². The molecule has 1 aromatic carbocycles. The zero-order valence-corrected chi connectivity index (χ0v) is 17.4. The molecule has 1 N–H and O–H groups in total. The number of ether oxygens (including phenoxy) is 1. The SMILES string of the molecule is Cc1cccc(-c2nc(C(=O)NC3COc4cc(F)cnc4N(C)C3=O)ncc2Cl)c1. The lowest BCUT2D eigenvalue weighted by atomic mass is 10.1. The number of carbonyl (C=O) groups excluding carboxylic acids is 2. The number of nitrogens with zero attached hydrogens (tertiary/aromatic N) is 4. The highest BCUT2D eigenvalue weighted by Gasteiger charge is 2.32. The number of likely N-dealkylation sites (N-methyl/N-ethyl adjacent to an activating group) is 1. The summed E-state index contributed by atoms with van der Waals surface area (Å²) in [6.45, 7) is 1.73. The number of anilines is 1. The summed E-state index contributed by atoms with van der Waals surface area (Å²) in [6, 6.07) is 7.58. The Balaban J connectivity index is 1.57.